The van der Waals surface area contributed by atoms with E-state index in [1.54, 1.807) is 6.07 Å². The van der Waals surface area contributed by atoms with Crippen molar-refractivity contribution in [2.24, 2.45) is 0 Å². The molecule has 0 bridgehead atoms. The van der Waals surface area contributed by atoms with Crippen LogP contribution in [-0.4, -0.2) is 35.0 Å². The van der Waals surface area contributed by atoms with Crippen molar-refractivity contribution in [3.05, 3.63) is 27.9 Å². The van der Waals surface area contributed by atoms with Gasteiger partial charge in [0.1, 0.15) is 5.82 Å². The van der Waals surface area contributed by atoms with Gasteiger partial charge in [0.25, 0.3) is 5.56 Å². The van der Waals surface area contributed by atoms with Gasteiger partial charge in [-0.3, -0.25) is 4.79 Å². The lowest BCUT2D eigenvalue weighted by atomic mass is 9.79. The SMILES string of the molecule is Cc1nc([C@@]2(C)CCCN(C)C2)cc(=O)[nH]1. The quantitative estimate of drug-likeness (QED) is 0.771. The maximum Gasteiger partial charge on any atom is 0.251 e. The van der Waals surface area contributed by atoms with Crippen molar-refractivity contribution in [1.29, 1.82) is 0 Å². The predicted octanol–water partition coefficient (Wildman–Crippen LogP) is 1.06. The first-order valence-corrected chi connectivity index (χ1v) is 5.77. The molecule has 4 nitrogen and oxygen atoms in total. The fourth-order valence-corrected chi connectivity index (χ4v) is 2.59. The highest BCUT2D eigenvalue weighted by atomic mass is 16.1. The summed E-state index contributed by atoms with van der Waals surface area (Å²) in [5, 5.41) is 0. The second kappa shape index (κ2) is 4.01. The Kier molecular flexibility index (Phi) is 2.84. The van der Waals surface area contributed by atoms with Crippen LogP contribution in [0.5, 0.6) is 0 Å². The van der Waals surface area contributed by atoms with Crippen molar-refractivity contribution < 1.29 is 0 Å². The van der Waals surface area contributed by atoms with Gasteiger partial charge in [-0.15, -0.1) is 0 Å². The van der Waals surface area contributed by atoms with E-state index in [-0.39, 0.29) is 11.0 Å². The molecule has 0 spiro atoms. The van der Waals surface area contributed by atoms with Crippen LogP contribution in [0.4, 0.5) is 0 Å². The topological polar surface area (TPSA) is 49.0 Å². The van der Waals surface area contributed by atoms with Crippen LogP contribution in [0.25, 0.3) is 0 Å². The Morgan fingerprint density at radius 1 is 1.56 bits per heavy atom. The summed E-state index contributed by atoms with van der Waals surface area (Å²) in [6, 6.07) is 1.64. The van der Waals surface area contributed by atoms with E-state index in [1.165, 1.54) is 6.42 Å². The molecule has 1 saturated heterocycles. The lowest BCUT2D eigenvalue weighted by Crippen LogP contribution is -2.43. The maximum atomic E-state index is 11.5. The molecule has 1 aliphatic rings. The summed E-state index contributed by atoms with van der Waals surface area (Å²) in [5.74, 6) is 0.706. The van der Waals surface area contributed by atoms with Crippen molar-refractivity contribution in [2.45, 2.75) is 32.1 Å². The molecule has 4 heteroatoms. The number of likely N-dealkylation sites (N-methyl/N-ethyl adjacent to an activating group) is 1. The highest BCUT2D eigenvalue weighted by Crippen LogP contribution is 2.31. The monoisotopic (exact) mass is 221 g/mol. The number of piperidine rings is 1. The van der Waals surface area contributed by atoms with Gasteiger partial charge in [0.05, 0.1) is 5.69 Å². The molecule has 2 heterocycles. The number of aromatic nitrogens is 2. The second-order valence-corrected chi connectivity index (χ2v) is 5.12. The van der Waals surface area contributed by atoms with Crippen LogP contribution in [0.2, 0.25) is 0 Å². The number of hydrogen-bond donors (Lipinski definition) is 1. The van der Waals surface area contributed by atoms with Gasteiger partial charge >= 0.3 is 0 Å². The first-order chi connectivity index (χ1) is 7.49. The molecule has 0 unspecified atom stereocenters. The number of H-pyrrole nitrogens is 1. The predicted molar refractivity (Wildman–Crippen MR) is 63.7 cm³/mol. The molecule has 2 rings (SSSR count). The van der Waals surface area contributed by atoms with Crippen LogP contribution in [0.15, 0.2) is 10.9 Å². The molecule has 1 N–H and O–H groups in total. The average molecular weight is 221 g/mol. The molecule has 0 aliphatic carbocycles. The first kappa shape index (κ1) is 11.3. The van der Waals surface area contributed by atoms with Gasteiger partial charge in [-0.05, 0) is 33.4 Å². The fourth-order valence-electron chi connectivity index (χ4n) is 2.59. The van der Waals surface area contributed by atoms with Crippen molar-refractivity contribution in [1.82, 2.24) is 14.9 Å². The van der Waals surface area contributed by atoms with Gasteiger partial charge in [-0.25, -0.2) is 4.98 Å². The van der Waals surface area contributed by atoms with E-state index in [0.29, 0.717) is 5.82 Å². The van der Waals surface area contributed by atoms with Crippen molar-refractivity contribution in [3.63, 3.8) is 0 Å². The van der Waals surface area contributed by atoms with Gasteiger partial charge in [-0.2, -0.15) is 0 Å². The smallest absolute Gasteiger partial charge is 0.251 e. The van der Waals surface area contributed by atoms with Crippen molar-refractivity contribution in [3.8, 4) is 0 Å². The summed E-state index contributed by atoms with van der Waals surface area (Å²) in [4.78, 5) is 21.0. The zero-order valence-corrected chi connectivity index (χ0v) is 10.2. The van der Waals surface area contributed by atoms with Crippen LogP contribution in [-0.2, 0) is 5.41 Å². The van der Waals surface area contributed by atoms with Crippen LogP contribution in [0.1, 0.15) is 31.3 Å². The van der Waals surface area contributed by atoms with Crippen LogP contribution >= 0.6 is 0 Å². The van der Waals surface area contributed by atoms with E-state index in [0.717, 1.165) is 25.2 Å². The van der Waals surface area contributed by atoms with E-state index >= 15 is 0 Å². The minimum atomic E-state index is -0.0445. The highest BCUT2D eigenvalue weighted by Gasteiger charge is 2.32. The normalized spacial score (nSPS) is 26.9. The maximum absolute atomic E-state index is 11.5. The van der Waals surface area contributed by atoms with Crippen LogP contribution in [0, 0.1) is 6.92 Å². The minimum Gasteiger partial charge on any atom is -0.311 e. The summed E-state index contributed by atoms with van der Waals surface area (Å²) in [5.41, 5.74) is 0.906. The number of aryl methyl sites for hydroxylation is 1. The lowest BCUT2D eigenvalue weighted by molar-refractivity contribution is 0.184. The zero-order valence-electron chi connectivity index (χ0n) is 10.2. The molecule has 1 aromatic rings. The van der Waals surface area contributed by atoms with E-state index in [9.17, 15) is 4.79 Å². The van der Waals surface area contributed by atoms with Gasteiger partial charge in [-0.1, -0.05) is 6.92 Å². The molecule has 0 amide bonds. The number of nitrogens with zero attached hydrogens (tertiary/aromatic N) is 2. The van der Waals surface area contributed by atoms with Crippen molar-refractivity contribution >= 4 is 0 Å². The Labute approximate surface area is 95.7 Å². The Hall–Kier alpha value is -1.16. The number of aromatic amines is 1. The Bertz CT molecular complexity index is 440. The lowest BCUT2D eigenvalue weighted by Gasteiger charge is -2.38. The molecular weight excluding hydrogens is 202 g/mol. The van der Waals surface area contributed by atoms with E-state index in [2.05, 4.69) is 28.8 Å². The summed E-state index contributed by atoms with van der Waals surface area (Å²) in [6.07, 6.45) is 2.27. The molecule has 1 aromatic heterocycles. The van der Waals surface area contributed by atoms with E-state index in [1.807, 2.05) is 6.92 Å². The van der Waals surface area contributed by atoms with Gasteiger partial charge in [0.15, 0.2) is 0 Å². The molecule has 88 valence electrons. The van der Waals surface area contributed by atoms with Gasteiger partial charge < -0.3 is 9.88 Å². The molecule has 1 atom stereocenters. The average Bonchev–Trinajstić information content (AvgIpc) is 2.15. The molecule has 0 saturated carbocycles. The summed E-state index contributed by atoms with van der Waals surface area (Å²) < 4.78 is 0. The third-order valence-electron chi connectivity index (χ3n) is 3.37. The Morgan fingerprint density at radius 2 is 2.31 bits per heavy atom. The largest absolute Gasteiger partial charge is 0.311 e. The van der Waals surface area contributed by atoms with Gasteiger partial charge in [0, 0.05) is 18.0 Å². The number of rotatable bonds is 1. The number of likely N-dealkylation sites (tertiary alicyclic amines) is 1. The third-order valence-corrected chi connectivity index (χ3v) is 3.37. The molecule has 1 aliphatic heterocycles. The van der Waals surface area contributed by atoms with E-state index < -0.39 is 0 Å². The summed E-state index contributed by atoms with van der Waals surface area (Å²) in [6.45, 7) is 6.14. The summed E-state index contributed by atoms with van der Waals surface area (Å²) in [7, 11) is 2.12. The van der Waals surface area contributed by atoms with Gasteiger partial charge in [0.2, 0.25) is 0 Å². The highest BCUT2D eigenvalue weighted by molar-refractivity contribution is 5.17. The molecule has 0 radical (unpaired) electrons. The third kappa shape index (κ3) is 2.16. The molecule has 1 fully saturated rings. The number of hydrogen-bond acceptors (Lipinski definition) is 3. The second-order valence-electron chi connectivity index (χ2n) is 5.12. The van der Waals surface area contributed by atoms with E-state index in [4.69, 9.17) is 0 Å². The number of nitrogens with one attached hydrogen (secondary N) is 1. The van der Waals surface area contributed by atoms with Crippen LogP contribution in [0.3, 0.4) is 0 Å². The molecular formula is C12H19N3O. The zero-order chi connectivity index (χ0) is 11.8. The fraction of sp³-hybridized carbons (Fsp3) is 0.667. The van der Waals surface area contributed by atoms with Crippen LogP contribution < -0.4 is 5.56 Å². The Morgan fingerprint density at radius 3 is 2.94 bits per heavy atom. The first-order valence-electron chi connectivity index (χ1n) is 5.77. The minimum absolute atomic E-state index is 0.0199. The Balaban J connectivity index is 2.38. The molecule has 0 aromatic carbocycles. The molecule has 16 heavy (non-hydrogen) atoms. The standard InChI is InChI=1S/C12H19N3O/c1-9-13-10(7-11(16)14-9)12(2)5-4-6-15(3)8-12/h7H,4-6,8H2,1-3H3,(H,13,14,16)/t12-/m0/s1. The summed E-state index contributed by atoms with van der Waals surface area (Å²) >= 11 is 0. The van der Waals surface area contributed by atoms with Crippen molar-refractivity contribution in [2.75, 3.05) is 20.1 Å².